The third-order valence-electron chi connectivity index (χ3n) is 5.07. The first-order valence-electron chi connectivity index (χ1n) is 9.54. The number of nitrogens with one attached hydrogen (secondary N) is 1. The Bertz CT molecular complexity index is 1250. The molecule has 0 bridgehead atoms. The number of aromatic nitrogens is 5. The number of aromatic hydroxyl groups is 1. The number of fused-ring (bicyclic) bond motifs is 1. The molecule has 8 nitrogen and oxygen atoms in total. The summed E-state index contributed by atoms with van der Waals surface area (Å²) < 4.78 is 13.1. The normalized spacial score (nSPS) is 14.0. The highest BCUT2D eigenvalue weighted by Gasteiger charge is 2.28. The maximum absolute atomic E-state index is 13.1. The van der Waals surface area contributed by atoms with E-state index in [1.165, 1.54) is 12.1 Å². The molecule has 1 saturated heterocycles. The second kappa shape index (κ2) is 7.18. The lowest BCUT2D eigenvalue weighted by molar-refractivity contribution is -0.117. The fraction of sp³-hybridized carbons (Fsp3) is 0.190. The van der Waals surface area contributed by atoms with Crippen LogP contribution >= 0.6 is 0 Å². The molecule has 150 valence electrons. The van der Waals surface area contributed by atoms with Crippen LogP contribution in [0.25, 0.3) is 22.4 Å². The smallest absolute Gasteiger partial charge is 0.228 e. The van der Waals surface area contributed by atoms with Crippen LogP contribution in [0.2, 0.25) is 0 Å². The Morgan fingerprint density at radius 1 is 1.17 bits per heavy atom. The summed E-state index contributed by atoms with van der Waals surface area (Å²) >= 11 is 0. The van der Waals surface area contributed by atoms with Crippen LogP contribution in [0.5, 0.6) is 5.75 Å². The molecule has 0 atom stereocenters. The van der Waals surface area contributed by atoms with Gasteiger partial charge in [-0.3, -0.25) is 19.8 Å². The number of anilines is 1. The molecule has 3 aromatic heterocycles. The number of benzene rings is 1. The maximum Gasteiger partial charge on any atom is 0.228 e. The van der Waals surface area contributed by atoms with Gasteiger partial charge in [-0.2, -0.15) is 5.10 Å². The molecule has 1 aliphatic heterocycles. The Labute approximate surface area is 170 Å². The Hall–Kier alpha value is -3.88. The first-order chi connectivity index (χ1) is 14.6. The molecule has 0 saturated carbocycles. The molecule has 0 aliphatic carbocycles. The fourth-order valence-corrected chi connectivity index (χ4v) is 3.62. The highest BCUT2D eigenvalue weighted by atomic mass is 19.1. The first kappa shape index (κ1) is 18.2. The standard InChI is InChI=1S/C21H17FN6O2/c22-13-7-5-12(6-8-13)11-15-24-20(27-26-15)18-19(30)17-14(3-1-9-23-17)21(25-18)28-10-2-4-16(28)29/h1,3,5-9,30H,2,4,10-11H2,(H,24,26,27). The highest BCUT2D eigenvalue weighted by molar-refractivity contribution is 6.05. The molecule has 4 heterocycles. The molecule has 0 radical (unpaired) electrons. The van der Waals surface area contributed by atoms with Crippen LogP contribution in [-0.4, -0.2) is 42.7 Å². The Morgan fingerprint density at radius 3 is 2.77 bits per heavy atom. The summed E-state index contributed by atoms with van der Waals surface area (Å²) in [6.07, 6.45) is 3.19. The topological polar surface area (TPSA) is 108 Å². The van der Waals surface area contributed by atoms with Gasteiger partial charge >= 0.3 is 0 Å². The average molecular weight is 404 g/mol. The molecule has 1 aliphatic rings. The molecule has 1 aromatic carbocycles. The zero-order chi connectivity index (χ0) is 20.7. The summed E-state index contributed by atoms with van der Waals surface area (Å²) in [5.41, 5.74) is 1.35. The predicted molar refractivity (Wildman–Crippen MR) is 107 cm³/mol. The number of amides is 1. The van der Waals surface area contributed by atoms with Crippen molar-refractivity contribution in [3.05, 3.63) is 59.8 Å². The summed E-state index contributed by atoms with van der Waals surface area (Å²) in [4.78, 5) is 27.2. The van der Waals surface area contributed by atoms with Gasteiger partial charge in [-0.1, -0.05) is 12.1 Å². The number of nitrogens with zero attached hydrogens (tertiary/aromatic N) is 5. The van der Waals surface area contributed by atoms with E-state index < -0.39 is 0 Å². The molecule has 2 N–H and O–H groups in total. The number of carbonyl (C=O) groups excluding carboxylic acids is 1. The van der Waals surface area contributed by atoms with Crippen molar-refractivity contribution >= 4 is 22.6 Å². The van der Waals surface area contributed by atoms with Crippen LogP contribution in [0.15, 0.2) is 42.6 Å². The number of hydrogen-bond acceptors (Lipinski definition) is 6. The van der Waals surface area contributed by atoms with Gasteiger partial charge in [0, 0.05) is 31.0 Å². The molecule has 1 fully saturated rings. The van der Waals surface area contributed by atoms with Gasteiger partial charge in [-0.15, -0.1) is 0 Å². The minimum absolute atomic E-state index is 0.0173. The molecule has 30 heavy (non-hydrogen) atoms. The summed E-state index contributed by atoms with van der Waals surface area (Å²) in [5.74, 6) is 0.712. The van der Waals surface area contributed by atoms with E-state index in [9.17, 15) is 14.3 Å². The zero-order valence-electron chi connectivity index (χ0n) is 15.8. The van der Waals surface area contributed by atoms with Gasteiger partial charge in [0.1, 0.15) is 23.0 Å². The van der Waals surface area contributed by atoms with E-state index in [-0.39, 0.29) is 29.0 Å². The van der Waals surface area contributed by atoms with E-state index in [0.29, 0.717) is 41.9 Å². The van der Waals surface area contributed by atoms with Crippen LogP contribution in [-0.2, 0) is 11.2 Å². The lowest BCUT2D eigenvalue weighted by atomic mass is 10.1. The Balaban J connectivity index is 1.57. The van der Waals surface area contributed by atoms with Gasteiger partial charge in [-0.05, 0) is 36.2 Å². The van der Waals surface area contributed by atoms with Crippen molar-refractivity contribution in [1.82, 2.24) is 25.1 Å². The molecule has 0 unspecified atom stereocenters. The van der Waals surface area contributed by atoms with Crippen molar-refractivity contribution < 1.29 is 14.3 Å². The van der Waals surface area contributed by atoms with Gasteiger partial charge in [0.25, 0.3) is 0 Å². The number of pyridine rings is 2. The highest BCUT2D eigenvalue weighted by Crippen LogP contribution is 2.37. The molecular weight excluding hydrogens is 387 g/mol. The van der Waals surface area contributed by atoms with Crippen LogP contribution in [0.1, 0.15) is 24.2 Å². The molecule has 4 aromatic rings. The minimum Gasteiger partial charge on any atom is -0.504 e. The summed E-state index contributed by atoms with van der Waals surface area (Å²) in [5, 5.41) is 18.4. The van der Waals surface area contributed by atoms with Crippen molar-refractivity contribution in [1.29, 1.82) is 0 Å². The Kier molecular flexibility index (Phi) is 4.35. The van der Waals surface area contributed by atoms with Gasteiger partial charge in [-0.25, -0.2) is 14.4 Å². The number of rotatable bonds is 4. The molecule has 9 heteroatoms. The van der Waals surface area contributed by atoms with Crippen LogP contribution in [0.3, 0.4) is 0 Å². The van der Waals surface area contributed by atoms with Crippen LogP contribution < -0.4 is 4.90 Å². The van der Waals surface area contributed by atoms with Crippen molar-refractivity contribution in [2.24, 2.45) is 0 Å². The van der Waals surface area contributed by atoms with Gasteiger partial charge in [0.2, 0.25) is 11.7 Å². The molecule has 5 rings (SSSR count). The van der Waals surface area contributed by atoms with Crippen LogP contribution in [0.4, 0.5) is 10.2 Å². The second-order valence-electron chi connectivity index (χ2n) is 7.09. The monoisotopic (exact) mass is 404 g/mol. The third kappa shape index (κ3) is 3.14. The summed E-state index contributed by atoms with van der Waals surface area (Å²) in [7, 11) is 0. The number of aromatic amines is 1. The molecule has 1 amide bonds. The summed E-state index contributed by atoms with van der Waals surface area (Å²) in [6, 6.07) is 9.62. The second-order valence-corrected chi connectivity index (χ2v) is 7.09. The number of H-pyrrole nitrogens is 1. The van der Waals surface area contributed by atoms with E-state index in [4.69, 9.17) is 0 Å². The molecule has 0 spiro atoms. The average Bonchev–Trinajstić information content (AvgIpc) is 3.39. The van der Waals surface area contributed by atoms with Gasteiger partial charge < -0.3 is 5.11 Å². The SMILES string of the molecule is O=C1CCCN1c1nc(-c2n[nH]c(Cc3ccc(F)cc3)n2)c(O)c2ncccc12. The van der Waals surface area contributed by atoms with E-state index in [0.717, 1.165) is 12.0 Å². The lowest BCUT2D eigenvalue weighted by Gasteiger charge is -2.18. The van der Waals surface area contributed by atoms with Gasteiger partial charge in [0.15, 0.2) is 11.4 Å². The zero-order valence-corrected chi connectivity index (χ0v) is 15.8. The number of hydrogen-bond donors (Lipinski definition) is 2. The Morgan fingerprint density at radius 2 is 2.00 bits per heavy atom. The minimum atomic E-state index is -0.307. The third-order valence-corrected chi connectivity index (χ3v) is 5.07. The first-order valence-corrected chi connectivity index (χ1v) is 9.54. The number of carbonyl (C=O) groups is 1. The van der Waals surface area contributed by atoms with E-state index in [1.807, 2.05) is 0 Å². The van der Waals surface area contributed by atoms with E-state index >= 15 is 0 Å². The van der Waals surface area contributed by atoms with Crippen molar-refractivity contribution in [2.45, 2.75) is 19.3 Å². The largest absolute Gasteiger partial charge is 0.504 e. The summed E-state index contributed by atoms with van der Waals surface area (Å²) in [6.45, 7) is 0.559. The van der Waals surface area contributed by atoms with E-state index in [2.05, 4.69) is 25.1 Å². The van der Waals surface area contributed by atoms with Crippen molar-refractivity contribution in [3.63, 3.8) is 0 Å². The van der Waals surface area contributed by atoms with Gasteiger partial charge in [0.05, 0.1) is 0 Å². The van der Waals surface area contributed by atoms with Crippen molar-refractivity contribution in [2.75, 3.05) is 11.4 Å². The molecular formula is C21H17FN6O2. The fourth-order valence-electron chi connectivity index (χ4n) is 3.62. The predicted octanol–water partition coefficient (Wildman–Crippen LogP) is 2.98. The van der Waals surface area contributed by atoms with E-state index in [1.54, 1.807) is 35.4 Å². The maximum atomic E-state index is 13.1. The quantitative estimate of drug-likeness (QED) is 0.541. The van der Waals surface area contributed by atoms with Crippen molar-refractivity contribution in [3.8, 4) is 17.3 Å². The lowest BCUT2D eigenvalue weighted by Crippen LogP contribution is -2.25. The van der Waals surface area contributed by atoms with Crippen LogP contribution in [0, 0.1) is 5.82 Å². The number of halogens is 1.